The molecule has 61 heavy (non-hydrogen) atoms. The first-order valence-electron chi connectivity index (χ1n) is 23.8. The number of carboxylic acids is 1. The van der Waals surface area contributed by atoms with Crippen LogP contribution in [0.3, 0.4) is 0 Å². The fourth-order valence-corrected chi connectivity index (χ4v) is 15.5. The maximum Gasteiger partial charge on any atom is 0.309 e. The summed E-state index contributed by atoms with van der Waals surface area (Å²) < 4.78 is 6.60. The van der Waals surface area contributed by atoms with Crippen LogP contribution < -0.4 is 0 Å². The summed E-state index contributed by atoms with van der Waals surface area (Å²) in [6.07, 6.45) is 13.1. The van der Waals surface area contributed by atoms with Gasteiger partial charge in [0.05, 0.1) is 36.0 Å². The summed E-state index contributed by atoms with van der Waals surface area (Å²) in [6.45, 7) is 26.7. The molecule has 0 aromatic carbocycles. The molecule has 10 nitrogen and oxygen atoms in total. The van der Waals surface area contributed by atoms with Crippen LogP contribution in [0.15, 0.2) is 23.5 Å². The van der Waals surface area contributed by atoms with E-state index in [4.69, 9.17) is 9.72 Å². The predicted octanol–water partition coefficient (Wildman–Crippen LogP) is 9.48. The number of aryl methyl sites for hydroxylation is 1. The second-order valence-corrected chi connectivity index (χ2v) is 23.3. The zero-order chi connectivity index (χ0) is 44.9. The number of hydrogen-bond donors (Lipinski definition) is 1. The Bertz CT molecular complexity index is 1980. The van der Waals surface area contributed by atoms with E-state index in [1.165, 1.54) is 5.57 Å². The number of allylic oxidation sites excluding steroid dienone is 2. The van der Waals surface area contributed by atoms with Crippen molar-refractivity contribution in [2.45, 2.75) is 166 Å². The average molecular weight is 843 g/mol. The number of hydrogen-bond acceptors (Lipinski definition) is 8. The van der Waals surface area contributed by atoms with E-state index in [1.54, 1.807) is 12.4 Å². The molecule has 11 atom stereocenters. The van der Waals surface area contributed by atoms with Crippen molar-refractivity contribution in [3.63, 3.8) is 0 Å². The molecular formula is C51H78N4O6. The van der Waals surface area contributed by atoms with Gasteiger partial charge in [-0.3, -0.25) is 29.1 Å². The van der Waals surface area contributed by atoms with E-state index in [0.29, 0.717) is 38.3 Å². The van der Waals surface area contributed by atoms with Gasteiger partial charge in [0.1, 0.15) is 6.10 Å². The normalized spacial score (nSPS) is 40.1. The number of ether oxygens (including phenoxy) is 1. The first kappa shape index (κ1) is 45.9. The minimum absolute atomic E-state index is 0.00265. The van der Waals surface area contributed by atoms with Crippen molar-refractivity contribution in [3.05, 3.63) is 34.9 Å². The lowest BCUT2D eigenvalue weighted by atomic mass is 9.29. The lowest BCUT2D eigenvalue weighted by Gasteiger charge is -2.75. The number of aromatic nitrogens is 2. The largest absolute Gasteiger partial charge is 0.481 e. The summed E-state index contributed by atoms with van der Waals surface area (Å²) in [7, 11) is 4.07. The number of carboxylic acid groups (broad SMARTS) is 1. The minimum Gasteiger partial charge on any atom is -0.481 e. The molecule has 6 aliphatic rings. The Labute approximate surface area is 366 Å². The number of Topliss-reactive ketones (excluding diaryl/α,β-unsaturated/α-hetero) is 1. The van der Waals surface area contributed by atoms with Crippen molar-refractivity contribution in [2.75, 3.05) is 27.2 Å². The summed E-state index contributed by atoms with van der Waals surface area (Å²) in [5, 5.41) is 9.77. The van der Waals surface area contributed by atoms with Crippen LogP contribution in [0, 0.1) is 74.4 Å². The van der Waals surface area contributed by atoms with E-state index in [9.17, 15) is 24.3 Å². The molecule has 1 heterocycles. The van der Waals surface area contributed by atoms with Crippen molar-refractivity contribution >= 4 is 23.6 Å². The van der Waals surface area contributed by atoms with E-state index >= 15 is 0 Å². The smallest absolute Gasteiger partial charge is 0.309 e. The summed E-state index contributed by atoms with van der Waals surface area (Å²) in [5.41, 5.74) is 2.50. The molecule has 6 aliphatic carbocycles. The van der Waals surface area contributed by atoms with E-state index in [-0.39, 0.29) is 62.7 Å². The van der Waals surface area contributed by atoms with E-state index in [0.717, 1.165) is 81.3 Å². The van der Waals surface area contributed by atoms with Crippen LogP contribution in [0.2, 0.25) is 0 Å². The third-order valence-corrected chi connectivity index (χ3v) is 20.0. The molecule has 1 N–H and O–H groups in total. The Balaban J connectivity index is 1.18. The molecule has 7 rings (SSSR count). The number of carbonyl (C=O) groups excluding carboxylic acids is 3. The molecule has 0 bridgehead atoms. The summed E-state index contributed by atoms with van der Waals surface area (Å²) in [6, 6.07) is 0. The van der Waals surface area contributed by atoms with E-state index < -0.39 is 28.6 Å². The molecule has 338 valence electrons. The fraction of sp³-hybridized carbons (Fsp3) is 0.804. The highest BCUT2D eigenvalue weighted by molar-refractivity contribution is 6.01. The zero-order valence-electron chi connectivity index (χ0n) is 40.0. The van der Waals surface area contributed by atoms with Crippen LogP contribution in [-0.2, 0) is 30.5 Å². The van der Waals surface area contributed by atoms with Gasteiger partial charge in [-0.05, 0) is 136 Å². The second kappa shape index (κ2) is 15.5. The van der Waals surface area contributed by atoms with Crippen LogP contribution in [0.25, 0.3) is 0 Å². The summed E-state index contributed by atoms with van der Waals surface area (Å²) >= 11 is 0. The average Bonchev–Trinajstić information content (AvgIpc) is 3.47. The molecule has 5 saturated carbocycles. The highest BCUT2D eigenvalue weighted by Gasteiger charge is 2.74. The molecule has 0 radical (unpaired) electrons. The Hall–Kier alpha value is -3.14. The van der Waals surface area contributed by atoms with Gasteiger partial charge in [-0.1, -0.05) is 74.8 Å². The molecule has 5 fully saturated rings. The minimum atomic E-state index is -0.831. The van der Waals surface area contributed by atoms with Gasteiger partial charge in [0, 0.05) is 43.0 Å². The molecule has 1 amide bonds. The lowest BCUT2D eigenvalue weighted by Crippen LogP contribution is -2.70. The van der Waals surface area contributed by atoms with Gasteiger partial charge in [0.25, 0.3) is 0 Å². The van der Waals surface area contributed by atoms with Crippen molar-refractivity contribution < 1.29 is 29.0 Å². The van der Waals surface area contributed by atoms with Crippen LogP contribution in [0.5, 0.6) is 0 Å². The first-order chi connectivity index (χ1) is 28.4. The predicted molar refractivity (Wildman–Crippen MR) is 237 cm³/mol. The van der Waals surface area contributed by atoms with Gasteiger partial charge < -0.3 is 19.6 Å². The van der Waals surface area contributed by atoms with Gasteiger partial charge in [0.2, 0.25) is 5.91 Å². The zero-order valence-corrected chi connectivity index (χ0v) is 40.0. The standard InChI is InChI=1S/C51H78N4O6/c1-14-46(7)39(61-44(60)36-25-35(43(58)59)45(36,5)6)17-18-49(10)38-16-15-34-42-41(31(2)3)37(56)26-51(42,22-20-47(34,8)48(38,9)19-21-50(46,49)11)27-40(57)55(24-23-54(12)13)30-33-29-52-28-32(4)53-33/h28-29,31,34-36,38-39H,14-27,30H2,1-13H3,(H,58,59)/t34-,35+,36-,38+,39+,46-,47-,48-,49-,50+,51+/m1/s1. The molecule has 0 unspecified atom stereocenters. The maximum absolute atomic E-state index is 14.8. The van der Waals surface area contributed by atoms with Crippen molar-refractivity contribution in [1.82, 2.24) is 19.8 Å². The fourth-order valence-electron chi connectivity index (χ4n) is 15.5. The van der Waals surface area contributed by atoms with Crippen LogP contribution in [0.4, 0.5) is 0 Å². The van der Waals surface area contributed by atoms with Gasteiger partial charge in [-0.25, -0.2) is 0 Å². The number of esters is 1. The molecule has 0 spiro atoms. The second-order valence-electron chi connectivity index (χ2n) is 23.3. The summed E-state index contributed by atoms with van der Waals surface area (Å²) in [4.78, 5) is 68.1. The lowest BCUT2D eigenvalue weighted by molar-refractivity contribution is -0.277. The number of aliphatic carboxylic acids is 1. The van der Waals surface area contributed by atoms with E-state index in [1.807, 2.05) is 39.8 Å². The molecule has 1 aromatic heterocycles. The number of amides is 1. The highest BCUT2D eigenvalue weighted by atomic mass is 16.5. The van der Waals surface area contributed by atoms with Crippen LogP contribution in [0.1, 0.15) is 158 Å². The van der Waals surface area contributed by atoms with Crippen molar-refractivity contribution in [3.8, 4) is 0 Å². The summed E-state index contributed by atoms with van der Waals surface area (Å²) in [5.74, 6) is -0.840. The quantitative estimate of drug-likeness (QED) is 0.205. The molecule has 1 aromatic rings. The first-order valence-corrected chi connectivity index (χ1v) is 23.8. The Morgan fingerprint density at radius 2 is 1.57 bits per heavy atom. The number of nitrogens with zero attached hydrogens (tertiary/aromatic N) is 4. The number of ketones is 1. The van der Waals surface area contributed by atoms with Crippen LogP contribution >= 0.6 is 0 Å². The monoisotopic (exact) mass is 843 g/mol. The van der Waals surface area contributed by atoms with Gasteiger partial charge in [-0.2, -0.15) is 0 Å². The third-order valence-electron chi connectivity index (χ3n) is 20.0. The SMILES string of the molecule is CC[C@]1(C)[C@@H](OC(=O)[C@H]2C[C@@H](C(=O)O)C2(C)C)CC[C@]2(C)[C@H]3CC[C@@H]4C5=C(C(C)C)C(=O)C[C@]5(CC(=O)N(CCN(C)C)Cc5cncc(C)n5)CC[C@@]4(C)[C@]3(C)CC[C@@]12C. The van der Waals surface area contributed by atoms with Gasteiger partial charge in [-0.15, -0.1) is 0 Å². The van der Waals surface area contributed by atoms with Crippen molar-refractivity contribution in [2.24, 2.45) is 67.5 Å². The number of carbonyl (C=O) groups is 4. The topological polar surface area (TPSA) is 130 Å². The van der Waals surface area contributed by atoms with Gasteiger partial charge >= 0.3 is 11.9 Å². The Kier molecular flexibility index (Phi) is 11.7. The maximum atomic E-state index is 14.8. The van der Waals surface area contributed by atoms with Crippen molar-refractivity contribution in [1.29, 1.82) is 0 Å². The number of fused-ring (bicyclic) bond motifs is 7. The van der Waals surface area contributed by atoms with E-state index in [2.05, 4.69) is 65.3 Å². The molecular weight excluding hydrogens is 765 g/mol. The Morgan fingerprint density at radius 1 is 0.885 bits per heavy atom. The van der Waals surface area contributed by atoms with Gasteiger partial charge in [0.15, 0.2) is 5.78 Å². The number of likely N-dealkylation sites (N-methyl/N-ethyl adjacent to an activating group) is 1. The Morgan fingerprint density at radius 3 is 2.18 bits per heavy atom. The van der Waals surface area contributed by atoms with Crippen LogP contribution in [-0.4, -0.2) is 81.8 Å². The molecule has 0 aliphatic heterocycles. The molecule has 10 heteroatoms. The number of rotatable bonds is 12. The third kappa shape index (κ3) is 6.78. The highest BCUT2D eigenvalue weighted by Crippen LogP contribution is 2.80. The molecule has 0 saturated heterocycles.